The second-order valence-electron chi connectivity index (χ2n) is 22.0. The maximum absolute atomic E-state index is 8.13. The number of nitrogens with zero attached hydrogens (tertiary/aromatic N) is 1. The van der Waals surface area contributed by atoms with Crippen LogP contribution in [0.3, 0.4) is 0 Å². The van der Waals surface area contributed by atoms with Crippen molar-refractivity contribution in [2.45, 2.75) is 245 Å². The van der Waals surface area contributed by atoms with Crippen LogP contribution in [-0.4, -0.2) is 57.4 Å². The molecule has 1 aliphatic heterocycles. The Morgan fingerprint density at radius 3 is 1.05 bits per heavy atom. The van der Waals surface area contributed by atoms with Crippen LogP contribution in [0.2, 0.25) is 66.5 Å². The summed E-state index contributed by atoms with van der Waals surface area (Å²) in [7, 11) is -10.1. The zero-order valence-electron chi connectivity index (χ0n) is 42.8. The molecule has 0 saturated heterocycles. The molecule has 0 aliphatic carbocycles. The Hall–Kier alpha value is -0.802. The van der Waals surface area contributed by atoms with Crippen LogP contribution in [0.4, 0.5) is 5.69 Å². The number of rotatable bonds is 23. The Kier molecular flexibility index (Phi) is 20.0. The summed E-state index contributed by atoms with van der Waals surface area (Å²) in [6.07, 6.45) is 4.81. The molecule has 2 rings (SSSR count). The number of hydrogen-bond acceptors (Lipinski definition) is 7. The highest BCUT2D eigenvalue weighted by Gasteiger charge is 2.58. The van der Waals surface area contributed by atoms with E-state index in [1.54, 1.807) is 12.4 Å². The fourth-order valence-electron chi connectivity index (χ4n) is 12.8. The zero-order valence-corrected chi connectivity index (χ0v) is 46.8. The van der Waals surface area contributed by atoms with Crippen molar-refractivity contribution in [2.75, 3.05) is 12.3 Å². The Balaban J connectivity index is 3.33. The lowest BCUT2D eigenvalue weighted by atomic mass is 9.88. The molecule has 11 heteroatoms. The largest absolute Gasteiger partial charge is 0.493 e. The molecular formula is C48H96N2O5Si4. The van der Waals surface area contributed by atoms with E-state index in [1.807, 2.05) is 6.07 Å². The van der Waals surface area contributed by atoms with Crippen molar-refractivity contribution in [2.24, 2.45) is 11.8 Å². The van der Waals surface area contributed by atoms with Crippen LogP contribution in [0.15, 0.2) is 24.5 Å². The topological polar surface area (TPSA) is 85.1 Å². The van der Waals surface area contributed by atoms with E-state index < -0.39 is 45.8 Å². The van der Waals surface area contributed by atoms with Gasteiger partial charge in [-0.2, -0.15) is 0 Å². The van der Waals surface area contributed by atoms with Gasteiger partial charge >= 0.3 is 0 Å². The summed E-state index contributed by atoms with van der Waals surface area (Å²) in [6, 6.07) is 1.98. The molecule has 2 atom stereocenters. The number of hydrogen-bond donors (Lipinski definition) is 1. The summed E-state index contributed by atoms with van der Waals surface area (Å²) in [5.74, 6) is 0.326. The van der Waals surface area contributed by atoms with Gasteiger partial charge in [0.25, 0.3) is 0 Å². The highest BCUT2D eigenvalue weighted by molar-refractivity contribution is 6.79. The van der Waals surface area contributed by atoms with Crippen LogP contribution in [0.1, 0.15) is 172 Å². The molecule has 0 radical (unpaired) electrons. The molecule has 0 saturated carbocycles. The van der Waals surface area contributed by atoms with Crippen LogP contribution < -0.4 is 5.73 Å². The smallest absolute Gasteiger partial charge is 0.203 e. The first-order valence-electron chi connectivity index (χ1n) is 23.8. The summed E-state index contributed by atoms with van der Waals surface area (Å²) >= 11 is 0. The van der Waals surface area contributed by atoms with Crippen molar-refractivity contribution in [3.05, 3.63) is 30.1 Å². The minimum Gasteiger partial charge on any atom is -0.493 e. The third-order valence-electron chi connectivity index (χ3n) is 15.2. The SMILES string of the molecule is CC(C)[Si](OC(O[Si](C(C)C)(C(C)C)C(C)C)[C@H]1COC(c2ccncc2N)=C[C@H]1C(O[Si](C(C)C)(C(C)C)C(C)C)O[Si](C(C)C)(C(C)C)C(C)C)(C(C)C)C(C)C. The van der Waals surface area contributed by atoms with Gasteiger partial charge < -0.3 is 28.2 Å². The molecule has 1 aromatic rings. The monoisotopic (exact) mass is 893 g/mol. The van der Waals surface area contributed by atoms with E-state index in [0.29, 0.717) is 78.8 Å². The first kappa shape index (κ1) is 54.3. The highest BCUT2D eigenvalue weighted by atomic mass is 28.4. The van der Waals surface area contributed by atoms with Crippen LogP contribution in [0.25, 0.3) is 5.76 Å². The van der Waals surface area contributed by atoms with E-state index in [9.17, 15) is 0 Å². The first-order valence-corrected chi connectivity index (χ1v) is 32.4. The Bertz CT molecular complexity index is 1300. The minimum atomic E-state index is -2.53. The van der Waals surface area contributed by atoms with Gasteiger partial charge in [0.1, 0.15) is 18.3 Å². The predicted molar refractivity (Wildman–Crippen MR) is 266 cm³/mol. The molecule has 0 bridgehead atoms. The van der Waals surface area contributed by atoms with Gasteiger partial charge in [-0.05, 0) is 78.6 Å². The molecule has 2 heterocycles. The van der Waals surface area contributed by atoms with Gasteiger partial charge in [0, 0.05) is 17.7 Å². The van der Waals surface area contributed by atoms with Gasteiger partial charge in [0.15, 0.2) is 0 Å². The molecule has 0 spiro atoms. The summed E-state index contributed by atoms with van der Waals surface area (Å²) < 4.78 is 39.4. The van der Waals surface area contributed by atoms with Gasteiger partial charge in [0.05, 0.1) is 24.4 Å². The molecule has 0 unspecified atom stereocenters. The minimum absolute atomic E-state index is 0.200. The van der Waals surface area contributed by atoms with E-state index in [4.69, 9.17) is 28.2 Å². The van der Waals surface area contributed by atoms with Gasteiger partial charge in [-0.25, -0.2) is 0 Å². The van der Waals surface area contributed by atoms with Crippen molar-refractivity contribution >= 4 is 44.7 Å². The number of nitrogen functional groups attached to an aromatic ring is 1. The van der Waals surface area contributed by atoms with Crippen LogP contribution in [0.5, 0.6) is 0 Å². The Morgan fingerprint density at radius 1 is 0.492 bits per heavy atom. The second-order valence-corrected chi connectivity index (χ2v) is 43.7. The molecule has 1 aromatic heterocycles. The maximum atomic E-state index is 8.13. The van der Waals surface area contributed by atoms with E-state index in [2.05, 4.69) is 177 Å². The molecular weight excluding hydrogens is 797 g/mol. The van der Waals surface area contributed by atoms with Crippen LogP contribution >= 0.6 is 0 Å². The number of ether oxygens (including phenoxy) is 1. The first-order chi connectivity index (χ1) is 27.1. The molecule has 0 aromatic carbocycles. The van der Waals surface area contributed by atoms with E-state index >= 15 is 0 Å². The lowest BCUT2D eigenvalue weighted by molar-refractivity contribution is -0.142. The fraction of sp³-hybridized carbons (Fsp3) is 0.854. The summed E-state index contributed by atoms with van der Waals surface area (Å²) in [4.78, 5) is 4.35. The summed E-state index contributed by atoms with van der Waals surface area (Å²) in [5, 5.41) is 0. The van der Waals surface area contributed by atoms with Crippen molar-refractivity contribution < 1.29 is 22.4 Å². The van der Waals surface area contributed by atoms with Crippen molar-refractivity contribution in [1.82, 2.24) is 4.98 Å². The number of pyridine rings is 1. The molecule has 1 aliphatic rings. The average molecular weight is 894 g/mol. The van der Waals surface area contributed by atoms with Gasteiger partial charge in [-0.1, -0.05) is 166 Å². The number of nitrogens with two attached hydrogens (primary N) is 1. The Labute approximate surface area is 370 Å². The average Bonchev–Trinajstić information content (AvgIpc) is 3.10. The third kappa shape index (κ3) is 10.8. The van der Waals surface area contributed by atoms with Crippen molar-refractivity contribution in [3.8, 4) is 0 Å². The lowest BCUT2D eigenvalue weighted by Gasteiger charge is -2.54. The molecule has 7 nitrogen and oxygen atoms in total. The second kappa shape index (κ2) is 21.7. The molecule has 2 N–H and O–H groups in total. The number of aromatic nitrogens is 1. The number of anilines is 1. The summed E-state index contributed by atoms with van der Waals surface area (Å²) in [6.45, 7) is 57.7. The van der Waals surface area contributed by atoms with Crippen molar-refractivity contribution in [3.63, 3.8) is 0 Å². The van der Waals surface area contributed by atoms with E-state index in [0.717, 1.165) is 11.3 Å². The Morgan fingerprint density at radius 2 is 0.780 bits per heavy atom. The third-order valence-corrected chi connectivity index (χ3v) is 39.4. The molecule has 59 heavy (non-hydrogen) atoms. The highest BCUT2D eigenvalue weighted by Crippen LogP contribution is 2.53. The maximum Gasteiger partial charge on any atom is 0.203 e. The quantitative estimate of drug-likeness (QED) is 0.0865. The van der Waals surface area contributed by atoms with Gasteiger partial charge in [-0.15, -0.1) is 0 Å². The normalized spacial score (nSPS) is 18.1. The predicted octanol–water partition coefficient (Wildman–Crippen LogP) is 15.7. The van der Waals surface area contributed by atoms with E-state index in [1.165, 1.54) is 0 Å². The van der Waals surface area contributed by atoms with E-state index in [-0.39, 0.29) is 11.8 Å². The zero-order chi connectivity index (χ0) is 45.7. The van der Waals surface area contributed by atoms with Crippen LogP contribution in [0, 0.1) is 11.8 Å². The molecule has 344 valence electrons. The molecule has 0 fully saturated rings. The fourth-order valence-corrected chi connectivity index (χ4v) is 34.7. The molecule has 0 amide bonds. The van der Waals surface area contributed by atoms with Crippen LogP contribution in [-0.2, 0) is 22.4 Å². The summed E-state index contributed by atoms with van der Waals surface area (Å²) in [5.41, 5.74) is 12.6. The van der Waals surface area contributed by atoms with Crippen molar-refractivity contribution in [1.29, 1.82) is 0 Å². The van der Waals surface area contributed by atoms with Gasteiger partial charge in [0.2, 0.25) is 33.3 Å². The standard InChI is InChI=1S/C48H96N2O5Si4/c1-30(2)56(31(3)4,32(5)6)52-47(53-57(33(7)8,34(9)10)35(11)12)43-27-46(42-25-26-50-28-45(42)49)51-29-44(43)48(54-58(36(13)14,37(15)16)38(17)18)55-59(39(19)20,40(21)22)41(23)24/h25-28,30-41,43-44,47-48H,29,49H2,1-24H3/t43-,44+/m1/s1. The lowest BCUT2D eigenvalue weighted by Crippen LogP contribution is -2.61. The van der Waals surface area contributed by atoms with Gasteiger partial charge in [-0.3, -0.25) is 4.98 Å².